The number of rotatable bonds is 8. The highest BCUT2D eigenvalue weighted by atomic mass is 16.5. The first-order chi connectivity index (χ1) is 16.9. The number of nitrogens with zero attached hydrogens (tertiary/aromatic N) is 2. The molecule has 1 fully saturated rings. The largest absolute Gasteiger partial charge is 0.484 e. The summed E-state index contributed by atoms with van der Waals surface area (Å²) in [4.78, 5) is 53.1. The molecule has 178 valence electrons. The highest BCUT2D eigenvalue weighted by Crippen LogP contribution is 2.28. The molecule has 0 radical (unpaired) electrons. The van der Waals surface area contributed by atoms with E-state index in [4.69, 9.17) is 9.47 Å². The quantitative estimate of drug-likeness (QED) is 0.284. The standard InChI is InChI=1S/C27H24N2O6/c1-19(30)35-23-14-12-21(13-15-23)29-25(31)16-24(27(29)33)28(17-20-8-4-2-5-9-20)26(32)18-34-22-10-6-3-7-11-22/h2-15,24H,16-18H2,1H3. The Labute approximate surface area is 202 Å². The van der Waals surface area contributed by atoms with Crippen molar-refractivity contribution in [2.24, 2.45) is 0 Å². The Morgan fingerprint density at radius 2 is 1.51 bits per heavy atom. The van der Waals surface area contributed by atoms with Gasteiger partial charge < -0.3 is 14.4 Å². The van der Waals surface area contributed by atoms with Gasteiger partial charge in [0.15, 0.2) is 6.61 Å². The molecule has 3 amide bonds. The Morgan fingerprint density at radius 3 is 2.14 bits per heavy atom. The third kappa shape index (κ3) is 5.73. The Bertz CT molecular complexity index is 1210. The predicted molar refractivity (Wildman–Crippen MR) is 128 cm³/mol. The van der Waals surface area contributed by atoms with Gasteiger partial charge in [0, 0.05) is 13.5 Å². The smallest absolute Gasteiger partial charge is 0.308 e. The van der Waals surface area contributed by atoms with E-state index in [2.05, 4.69) is 0 Å². The maximum atomic E-state index is 13.4. The summed E-state index contributed by atoms with van der Waals surface area (Å²) in [7, 11) is 0. The Hall–Kier alpha value is -4.46. The lowest BCUT2D eigenvalue weighted by atomic mass is 10.1. The van der Waals surface area contributed by atoms with Crippen LogP contribution < -0.4 is 14.4 Å². The minimum atomic E-state index is -0.970. The molecule has 3 aromatic carbocycles. The van der Waals surface area contributed by atoms with E-state index in [-0.39, 0.29) is 19.6 Å². The first-order valence-electron chi connectivity index (χ1n) is 11.1. The number of hydrogen-bond donors (Lipinski definition) is 0. The van der Waals surface area contributed by atoms with E-state index in [1.807, 2.05) is 36.4 Å². The van der Waals surface area contributed by atoms with Crippen molar-refractivity contribution in [1.29, 1.82) is 0 Å². The summed E-state index contributed by atoms with van der Waals surface area (Å²) in [5.41, 5.74) is 1.16. The third-order valence-corrected chi connectivity index (χ3v) is 5.48. The molecule has 0 aromatic heterocycles. The minimum Gasteiger partial charge on any atom is -0.484 e. The lowest BCUT2D eigenvalue weighted by Gasteiger charge is -2.28. The van der Waals surface area contributed by atoms with Crippen molar-refractivity contribution in [3.63, 3.8) is 0 Å². The summed E-state index contributed by atoms with van der Waals surface area (Å²) < 4.78 is 10.6. The lowest BCUT2D eigenvalue weighted by molar-refractivity contribution is -0.140. The summed E-state index contributed by atoms with van der Waals surface area (Å²) in [6.07, 6.45) is -0.144. The zero-order valence-corrected chi connectivity index (χ0v) is 19.1. The van der Waals surface area contributed by atoms with Gasteiger partial charge in [0.1, 0.15) is 17.5 Å². The topological polar surface area (TPSA) is 93.2 Å². The van der Waals surface area contributed by atoms with E-state index in [1.54, 1.807) is 24.3 Å². The van der Waals surface area contributed by atoms with Gasteiger partial charge in [0.25, 0.3) is 11.8 Å². The Kier molecular flexibility index (Phi) is 7.21. The van der Waals surface area contributed by atoms with Crippen molar-refractivity contribution in [2.45, 2.75) is 25.9 Å². The second-order valence-electron chi connectivity index (χ2n) is 7.98. The number of para-hydroxylation sites is 1. The summed E-state index contributed by atoms with van der Waals surface area (Å²) in [6.45, 7) is 1.17. The molecule has 1 aliphatic rings. The third-order valence-electron chi connectivity index (χ3n) is 5.48. The van der Waals surface area contributed by atoms with E-state index in [1.165, 1.54) is 36.1 Å². The maximum Gasteiger partial charge on any atom is 0.308 e. The summed E-state index contributed by atoms with van der Waals surface area (Å²) in [5.74, 6) is -0.969. The number of hydrogen-bond acceptors (Lipinski definition) is 6. The van der Waals surface area contributed by atoms with Crippen LogP contribution in [0.15, 0.2) is 84.9 Å². The number of carbonyl (C=O) groups is 4. The van der Waals surface area contributed by atoms with Crippen LogP contribution in [0.5, 0.6) is 11.5 Å². The molecule has 1 saturated heterocycles. The number of imide groups is 1. The van der Waals surface area contributed by atoms with Crippen LogP contribution in [0.4, 0.5) is 5.69 Å². The lowest BCUT2D eigenvalue weighted by Crippen LogP contribution is -2.46. The van der Waals surface area contributed by atoms with Crippen molar-refractivity contribution in [2.75, 3.05) is 11.5 Å². The second kappa shape index (κ2) is 10.6. The highest BCUT2D eigenvalue weighted by Gasteiger charge is 2.44. The molecule has 0 bridgehead atoms. The predicted octanol–water partition coefficient (Wildman–Crippen LogP) is 3.35. The van der Waals surface area contributed by atoms with Gasteiger partial charge in [-0.25, -0.2) is 4.90 Å². The number of esters is 1. The number of benzene rings is 3. The van der Waals surface area contributed by atoms with E-state index >= 15 is 0 Å². The number of ether oxygens (including phenoxy) is 2. The van der Waals surface area contributed by atoms with E-state index < -0.39 is 29.7 Å². The van der Waals surface area contributed by atoms with Gasteiger partial charge in [-0.05, 0) is 42.0 Å². The molecular formula is C27H24N2O6. The molecule has 1 aliphatic heterocycles. The van der Waals surface area contributed by atoms with Crippen molar-refractivity contribution in [3.05, 3.63) is 90.5 Å². The Morgan fingerprint density at radius 1 is 0.886 bits per heavy atom. The Balaban J connectivity index is 1.55. The van der Waals surface area contributed by atoms with Crippen LogP contribution in [-0.2, 0) is 25.7 Å². The SMILES string of the molecule is CC(=O)Oc1ccc(N2C(=O)CC(N(Cc3ccccc3)C(=O)COc3ccccc3)C2=O)cc1. The van der Waals surface area contributed by atoms with Gasteiger partial charge in [-0.15, -0.1) is 0 Å². The molecule has 0 saturated carbocycles. The van der Waals surface area contributed by atoms with Crippen molar-refractivity contribution < 1.29 is 28.7 Å². The van der Waals surface area contributed by atoms with Gasteiger partial charge in [-0.1, -0.05) is 48.5 Å². The fraction of sp³-hybridized carbons (Fsp3) is 0.185. The zero-order valence-electron chi connectivity index (χ0n) is 19.1. The highest BCUT2D eigenvalue weighted by molar-refractivity contribution is 6.23. The molecule has 0 spiro atoms. The molecule has 1 unspecified atom stereocenters. The van der Waals surface area contributed by atoms with E-state index in [9.17, 15) is 19.2 Å². The molecule has 0 aliphatic carbocycles. The molecule has 1 heterocycles. The monoisotopic (exact) mass is 472 g/mol. The van der Waals surface area contributed by atoms with Crippen LogP contribution in [0.2, 0.25) is 0 Å². The van der Waals surface area contributed by atoms with E-state index in [0.717, 1.165) is 10.5 Å². The first kappa shape index (κ1) is 23.7. The molecule has 0 N–H and O–H groups in total. The second-order valence-corrected chi connectivity index (χ2v) is 7.98. The van der Waals surface area contributed by atoms with Gasteiger partial charge in [0.05, 0.1) is 12.1 Å². The normalized spacial score (nSPS) is 15.1. The summed E-state index contributed by atoms with van der Waals surface area (Å²) in [6, 6.07) is 23.3. The average molecular weight is 472 g/mol. The fourth-order valence-electron chi connectivity index (χ4n) is 3.86. The van der Waals surface area contributed by atoms with Crippen LogP contribution in [0.3, 0.4) is 0 Å². The van der Waals surface area contributed by atoms with Crippen LogP contribution in [0, 0.1) is 0 Å². The summed E-state index contributed by atoms with van der Waals surface area (Å²) >= 11 is 0. The number of amides is 3. The maximum absolute atomic E-state index is 13.4. The van der Waals surface area contributed by atoms with Gasteiger partial charge in [-0.2, -0.15) is 0 Å². The van der Waals surface area contributed by atoms with Crippen LogP contribution >= 0.6 is 0 Å². The van der Waals surface area contributed by atoms with Crippen LogP contribution in [-0.4, -0.2) is 41.2 Å². The first-order valence-corrected chi connectivity index (χ1v) is 11.1. The molecule has 8 heteroatoms. The molecule has 3 aromatic rings. The van der Waals surface area contributed by atoms with Crippen molar-refractivity contribution in [3.8, 4) is 11.5 Å². The molecule has 8 nitrogen and oxygen atoms in total. The van der Waals surface area contributed by atoms with Crippen molar-refractivity contribution in [1.82, 2.24) is 4.90 Å². The fourth-order valence-corrected chi connectivity index (χ4v) is 3.86. The van der Waals surface area contributed by atoms with Crippen LogP contribution in [0.25, 0.3) is 0 Å². The average Bonchev–Trinajstić information content (AvgIpc) is 3.16. The summed E-state index contributed by atoms with van der Waals surface area (Å²) in [5, 5.41) is 0. The van der Waals surface area contributed by atoms with Crippen LogP contribution in [0.1, 0.15) is 18.9 Å². The molecule has 4 rings (SSSR count). The molecule has 1 atom stereocenters. The number of carbonyl (C=O) groups excluding carboxylic acids is 4. The van der Waals surface area contributed by atoms with Crippen molar-refractivity contribution >= 4 is 29.4 Å². The number of anilines is 1. The van der Waals surface area contributed by atoms with Gasteiger partial charge in [0.2, 0.25) is 5.91 Å². The van der Waals surface area contributed by atoms with E-state index in [0.29, 0.717) is 17.2 Å². The zero-order chi connectivity index (χ0) is 24.8. The van der Waals surface area contributed by atoms with Gasteiger partial charge in [-0.3, -0.25) is 19.2 Å². The molecular weight excluding hydrogens is 448 g/mol. The minimum absolute atomic E-state index is 0.144. The van der Waals surface area contributed by atoms with Gasteiger partial charge >= 0.3 is 5.97 Å². The molecule has 35 heavy (non-hydrogen) atoms.